The third kappa shape index (κ3) is 2.90. The molecule has 5 heteroatoms. The maximum absolute atomic E-state index is 11.6. The van der Waals surface area contributed by atoms with E-state index in [2.05, 4.69) is 0 Å². The van der Waals surface area contributed by atoms with E-state index in [1.165, 1.54) is 0 Å². The number of nitrogens with zero attached hydrogens (tertiary/aromatic N) is 1. The lowest BCUT2D eigenvalue weighted by molar-refractivity contribution is -0.134. The van der Waals surface area contributed by atoms with Crippen LogP contribution >= 0.6 is 0 Å². The van der Waals surface area contributed by atoms with Gasteiger partial charge in [-0.1, -0.05) is 0 Å². The molecule has 0 aromatic rings. The summed E-state index contributed by atoms with van der Waals surface area (Å²) in [7, 11) is 0. The number of amides is 1. The number of carbonyl (C=O) groups excluding carboxylic acids is 1. The average molecular weight is 215 g/mol. The van der Waals surface area contributed by atoms with Gasteiger partial charge in [0.1, 0.15) is 0 Å². The smallest absolute Gasteiger partial charge is 0.223 e. The second-order valence-corrected chi connectivity index (χ2v) is 4.37. The Kier molecular flexibility index (Phi) is 4.07. The number of carbonyl (C=O) groups is 1. The van der Waals surface area contributed by atoms with Crippen LogP contribution < -0.4 is 11.5 Å². The fourth-order valence-corrected chi connectivity index (χ4v) is 1.95. The van der Waals surface area contributed by atoms with Crippen molar-refractivity contribution in [3.63, 3.8) is 0 Å². The van der Waals surface area contributed by atoms with Gasteiger partial charge >= 0.3 is 0 Å². The molecule has 0 radical (unpaired) electrons. The SMILES string of the molecule is CC(O)[C@@]1(N)CCCN(C(=O)CCN)C1. The molecule has 1 amide bonds. The van der Waals surface area contributed by atoms with Crippen LogP contribution in [0.4, 0.5) is 0 Å². The molecular formula is C10H21N3O2. The van der Waals surface area contributed by atoms with Gasteiger partial charge in [-0.25, -0.2) is 0 Å². The van der Waals surface area contributed by atoms with E-state index >= 15 is 0 Å². The Morgan fingerprint density at radius 1 is 1.67 bits per heavy atom. The third-order valence-corrected chi connectivity index (χ3v) is 3.10. The minimum Gasteiger partial charge on any atom is -0.391 e. The van der Waals surface area contributed by atoms with Crippen LogP contribution in [0.2, 0.25) is 0 Å². The predicted molar refractivity (Wildman–Crippen MR) is 58.1 cm³/mol. The summed E-state index contributed by atoms with van der Waals surface area (Å²) in [5.74, 6) is 0.0349. The molecule has 0 bridgehead atoms. The molecule has 1 rings (SSSR count). The number of rotatable bonds is 3. The first-order chi connectivity index (χ1) is 6.99. The zero-order valence-electron chi connectivity index (χ0n) is 9.28. The number of aliphatic hydroxyl groups is 1. The third-order valence-electron chi connectivity index (χ3n) is 3.10. The fraction of sp³-hybridized carbons (Fsp3) is 0.900. The topological polar surface area (TPSA) is 92.6 Å². The number of piperidine rings is 1. The van der Waals surface area contributed by atoms with Crippen LogP contribution in [-0.4, -0.2) is 47.2 Å². The summed E-state index contributed by atoms with van der Waals surface area (Å²) in [5, 5.41) is 9.58. The van der Waals surface area contributed by atoms with E-state index in [0.717, 1.165) is 19.4 Å². The Morgan fingerprint density at radius 2 is 2.33 bits per heavy atom. The van der Waals surface area contributed by atoms with Crippen molar-refractivity contribution in [2.75, 3.05) is 19.6 Å². The first-order valence-electron chi connectivity index (χ1n) is 5.44. The molecule has 5 nitrogen and oxygen atoms in total. The molecule has 1 unspecified atom stereocenters. The van der Waals surface area contributed by atoms with Crippen molar-refractivity contribution in [1.82, 2.24) is 4.90 Å². The van der Waals surface area contributed by atoms with Crippen molar-refractivity contribution >= 4 is 5.91 Å². The van der Waals surface area contributed by atoms with Gasteiger partial charge in [-0.15, -0.1) is 0 Å². The molecule has 0 aromatic carbocycles. The summed E-state index contributed by atoms with van der Waals surface area (Å²) in [6.45, 7) is 3.20. The molecule has 5 N–H and O–H groups in total. The standard InChI is InChI=1S/C10H21N3O2/c1-8(14)10(12)4-2-6-13(7-10)9(15)3-5-11/h8,14H,2-7,11-12H2,1H3/t8?,10-/m1/s1. The minimum atomic E-state index is -0.650. The van der Waals surface area contributed by atoms with Crippen molar-refractivity contribution in [3.8, 4) is 0 Å². The molecule has 1 heterocycles. The summed E-state index contributed by atoms with van der Waals surface area (Å²) in [6, 6.07) is 0. The van der Waals surface area contributed by atoms with Gasteiger partial charge in [0.2, 0.25) is 5.91 Å². The van der Waals surface area contributed by atoms with E-state index < -0.39 is 11.6 Å². The van der Waals surface area contributed by atoms with Crippen LogP contribution in [0.3, 0.4) is 0 Å². The van der Waals surface area contributed by atoms with Gasteiger partial charge < -0.3 is 21.5 Å². The lowest BCUT2D eigenvalue weighted by atomic mass is 9.85. The van der Waals surface area contributed by atoms with Crippen molar-refractivity contribution in [2.45, 2.75) is 37.8 Å². The Hall–Kier alpha value is -0.650. The first-order valence-corrected chi connectivity index (χ1v) is 5.44. The maximum Gasteiger partial charge on any atom is 0.223 e. The van der Waals surface area contributed by atoms with Crippen LogP contribution in [0, 0.1) is 0 Å². The molecular weight excluding hydrogens is 194 g/mol. The van der Waals surface area contributed by atoms with Crippen molar-refractivity contribution in [2.24, 2.45) is 11.5 Å². The van der Waals surface area contributed by atoms with Gasteiger partial charge in [0, 0.05) is 26.1 Å². The molecule has 15 heavy (non-hydrogen) atoms. The Morgan fingerprint density at radius 3 is 2.87 bits per heavy atom. The van der Waals surface area contributed by atoms with Crippen LogP contribution in [0.1, 0.15) is 26.2 Å². The van der Waals surface area contributed by atoms with Crippen LogP contribution in [-0.2, 0) is 4.79 Å². The number of likely N-dealkylation sites (tertiary alicyclic amines) is 1. The molecule has 0 spiro atoms. The van der Waals surface area contributed by atoms with Crippen molar-refractivity contribution < 1.29 is 9.90 Å². The molecule has 0 saturated carbocycles. The lowest BCUT2D eigenvalue weighted by Crippen LogP contribution is -2.61. The molecule has 1 saturated heterocycles. The average Bonchev–Trinajstić information content (AvgIpc) is 2.18. The highest BCUT2D eigenvalue weighted by Gasteiger charge is 2.37. The molecule has 0 aromatic heterocycles. The quantitative estimate of drug-likeness (QED) is 0.565. The number of aliphatic hydroxyl groups excluding tert-OH is 1. The lowest BCUT2D eigenvalue weighted by Gasteiger charge is -2.42. The van der Waals surface area contributed by atoms with Gasteiger partial charge in [-0.05, 0) is 19.8 Å². The van der Waals surface area contributed by atoms with Gasteiger partial charge in [-0.2, -0.15) is 0 Å². The van der Waals surface area contributed by atoms with Crippen LogP contribution in [0.25, 0.3) is 0 Å². The Bertz CT molecular complexity index is 233. The van der Waals surface area contributed by atoms with Crippen LogP contribution in [0.5, 0.6) is 0 Å². The van der Waals surface area contributed by atoms with Crippen LogP contribution in [0.15, 0.2) is 0 Å². The fourth-order valence-electron chi connectivity index (χ4n) is 1.95. The number of hydrogen-bond donors (Lipinski definition) is 3. The monoisotopic (exact) mass is 215 g/mol. The van der Waals surface area contributed by atoms with E-state index in [-0.39, 0.29) is 5.91 Å². The number of hydrogen-bond acceptors (Lipinski definition) is 4. The predicted octanol–water partition coefficient (Wildman–Crippen LogP) is -0.964. The molecule has 2 atom stereocenters. The highest BCUT2D eigenvalue weighted by molar-refractivity contribution is 5.76. The van der Waals surface area contributed by atoms with Gasteiger partial charge in [0.05, 0.1) is 11.6 Å². The maximum atomic E-state index is 11.6. The van der Waals surface area contributed by atoms with E-state index in [9.17, 15) is 9.90 Å². The van der Waals surface area contributed by atoms with Gasteiger partial charge in [-0.3, -0.25) is 4.79 Å². The summed E-state index contributed by atoms with van der Waals surface area (Å²) in [5.41, 5.74) is 10.7. The minimum absolute atomic E-state index is 0.0349. The van der Waals surface area contributed by atoms with Crippen molar-refractivity contribution in [1.29, 1.82) is 0 Å². The highest BCUT2D eigenvalue weighted by atomic mass is 16.3. The van der Waals surface area contributed by atoms with E-state index in [1.807, 2.05) is 0 Å². The normalized spacial score (nSPS) is 28.9. The summed E-state index contributed by atoms with van der Waals surface area (Å²) < 4.78 is 0. The molecule has 1 aliphatic rings. The van der Waals surface area contributed by atoms with E-state index in [1.54, 1.807) is 11.8 Å². The molecule has 1 fully saturated rings. The van der Waals surface area contributed by atoms with Gasteiger partial charge in [0.25, 0.3) is 0 Å². The second kappa shape index (κ2) is 4.92. The van der Waals surface area contributed by atoms with E-state index in [4.69, 9.17) is 11.5 Å². The van der Waals surface area contributed by atoms with Gasteiger partial charge in [0.15, 0.2) is 0 Å². The second-order valence-electron chi connectivity index (χ2n) is 4.37. The number of nitrogens with two attached hydrogens (primary N) is 2. The molecule has 0 aliphatic carbocycles. The Labute approximate surface area is 90.4 Å². The highest BCUT2D eigenvalue weighted by Crippen LogP contribution is 2.22. The summed E-state index contributed by atoms with van der Waals surface area (Å²) >= 11 is 0. The first kappa shape index (κ1) is 12.4. The zero-order valence-corrected chi connectivity index (χ0v) is 9.28. The summed E-state index contributed by atoms with van der Waals surface area (Å²) in [6.07, 6.45) is 1.37. The summed E-state index contributed by atoms with van der Waals surface area (Å²) in [4.78, 5) is 13.3. The Balaban J connectivity index is 2.59. The molecule has 1 aliphatic heterocycles. The zero-order chi connectivity index (χ0) is 11.5. The van der Waals surface area contributed by atoms with E-state index in [0.29, 0.717) is 19.5 Å². The largest absolute Gasteiger partial charge is 0.391 e. The van der Waals surface area contributed by atoms with Crippen molar-refractivity contribution in [3.05, 3.63) is 0 Å². The molecule has 88 valence electrons.